The fraction of sp³-hybridized carbons (Fsp3) is 0.286. The van der Waals surface area contributed by atoms with Gasteiger partial charge in [-0.15, -0.1) is 0 Å². The van der Waals surface area contributed by atoms with Crippen LogP contribution in [-0.4, -0.2) is 17.0 Å². The van der Waals surface area contributed by atoms with Gasteiger partial charge in [0, 0.05) is 11.0 Å². The van der Waals surface area contributed by atoms with Crippen molar-refractivity contribution >= 4 is 22.5 Å². The highest BCUT2D eigenvalue weighted by Gasteiger charge is 2.04. The predicted molar refractivity (Wildman–Crippen MR) is 71.8 cm³/mol. The van der Waals surface area contributed by atoms with Crippen molar-refractivity contribution in [3.8, 4) is 0 Å². The molecular formula is C14H16OS. The number of thioether (sulfide) groups is 1. The Morgan fingerprint density at radius 3 is 2.69 bits per heavy atom. The van der Waals surface area contributed by atoms with Gasteiger partial charge >= 0.3 is 0 Å². The molecule has 2 aromatic rings. The van der Waals surface area contributed by atoms with E-state index >= 15 is 0 Å². The molecule has 0 bridgehead atoms. The molecular weight excluding hydrogens is 216 g/mol. The summed E-state index contributed by atoms with van der Waals surface area (Å²) < 4.78 is 0. The molecule has 0 aliphatic heterocycles. The van der Waals surface area contributed by atoms with Gasteiger partial charge in [0.05, 0.1) is 6.61 Å². The van der Waals surface area contributed by atoms with Gasteiger partial charge in [0.25, 0.3) is 0 Å². The maximum absolute atomic E-state index is 9.01. The lowest BCUT2D eigenvalue weighted by Gasteiger charge is -2.09. The standard InChI is InChI=1S/C14H16OS/c1-11(9-15)16-10-13-7-4-6-12-5-2-3-8-14(12)13/h2-8,11,15H,9-10H2,1H3. The van der Waals surface area contributed by atoms with Gasteiger partial charge in [-0.3, -0.25) is 0 Å². The third-order valence-electron chi connectivity index (χ3n) is 2.66. The largest absolute Gasteiger partial charge is 0.395 e. The second kappa shape index (κ2) is 5.37. The van der Waals surface area contributed by atoms with Crippen LogP contribution in [0.2, 0.25) is 0 Å². The molecule has 0 amide bonds. The molecule has 16 heavy (non-hydrogen) atoms. The Kier molecular flexibility index (Phi) is 3.86. The fourth-order valence-corrected chi connectivity index (χ4v) is 2.52. The lowest BCUT2D eigenvalue weighted by atomic mass is 10.1. The highest BCUT2D eigenvalue weighted by molar-refractivity contribution is 7.99. The Hall–Kier alpha value is -0.990. The minimum atomic E-state index is 0.245. The van der Waals surface area contributed by atoms with E-state index in [1.807, 2.05) is 0 Å². The highest BCUT2D eigenvalue weighted by Crippen LogP contribution is 2.24. The van der Waals surface area contributed by atoms with Crippen molar-refractivity contribution < 1.29 is 5.11 Å². The number of hydrogen-bond donors (Lipinski definition) is 1. The van der Waals surface area contributed by atoms with E-state index in [0.717, 1.165) is 5.75 Å². The van der Waals surface area contributed by atoms with Crippen molar-refractivity contribution in [2.24, 2.45) is 0 Å². The van der Waals surface area contributed by atoms with E-state index in [0.29, 0.717) is 5.25 Å². The molecule has 1 unspecified atom stereocenters. The van der Waals surface area contributed by atoms with Crippen molar-refractivity contribution in [2.75, 3.05) is 6.61 Å². The number of aliphatic hydroxyl groups is 1. The number of hydrogen-bond acceptors (Lipinski definition) is 2. The summed E-state index contributed by atoms with van der Waals surface area (Å²) in [4.78, 5) is 0. The van der Waals surface area contributed by atoms with Gasteiger partial charge in [0.1, 0.15) is 0 Å². The molecule has 0 spiro atoms. The molecule has 0 aliphatic rings. The zero-order chi connectivity index (χ0) is 11.4. The third-order valence-corrected chi connectivity index (χ3v) is 3.86. The lowest BCUT2D eigenvalue weighted by molar-refractivity contribution is 0.300. The van der Waals surface area contributed by atoms with E-state index in [1.165, 1.54) is 16.3 Å². The first-order chi connectivity index (χ1) is 7.81. The van der Waals surface area contributed by atoms with E-state index in [4.69, 9.17) is 5.11 Å². The van der Waals surface area contributed by atoms with Gasteiger partial charge in [-0.05, 0) is 16.3 Å². The van der Waals surface area contributed by atoms with Crippen LogP contribution < -0.4 is 0 Å². The number of benzene rings is 2. The van der Waals surface area contributed by atoms with Gasteiger partial charge in [-0.25, -0.2) is 0 Å². The smallest absolute Gasteiger partial charge is 0.0547 e. The zero-order valence-corrected chi connectivity index (χ0v) is 10.2. The van der Waals surface area contributed by atoms with Crippen LogP contribution in [0.15, 0.2) is 42.5 Å². The average Bonchev–Trinajstić information content (AvgIpc) is 2.35. The van der Waals surface area contributed by atoms with Gasteiger partial charge in [0.15, 0.2) is 0 Å². The minimum Gasteiger partial charge on any atom is -0.395 e. The second-order valence-electron chi connectivity index (χ2n) is 3.94. The van der Waals surface area contributed by atoms with Crippen LogP contribution >= 0.6 is 11.8 Å². The normalized spacial score (nSPS) is 12.9. The van der Waals surface area contributed by atoms with Crippen LogP contribution in [0.1, 0.15) is 12.5 Å². The number of fused-ring (bicyclic) bond motifs is 1. The Labute approximate surface area is 100 Å². The highest BCUT2D eigenvalue weighted by atomic mass is 32.2. The van der Waals surface area contributed by atoms with Crippen molar-refractivity contribution in [2.45, 2.75) is 17.9 Å². The molecule has 1 N–H and O–H groups in total. The van der Waals surface area contributed by atoms with Gasteiger partial charge in [-0.2, -0.15) is 11.8 Å². The summed E-state index contributed by atoms with van der Waals surface area (Å²) in [7, 11) is 0. The van der Waals surface area contributed by atoms with E-state index < -0.39 is 0 Å². The van der Waals surface area contributed by atoms with Gasteiger partial charge in [-0.1, -0.05) is 49.4 Å². The second-order valence-corrected chi connectivity index (χ2v) is 5.37. The summed E-state index contributed by atoms with van der Waals surface area (Å²) in [5.41, 5.74) is 1.35. The first kappa shape index (κ1) is 11.5. The third kappa shape index (κ3) is 2.57. The number of aliphatic hydroxyl groups excluding tert-OH is 1. The van der Waals surface area contributed by atoms with Crippen LogP contribution in [0.25, 0.3) is 10.8 Å². The summed E-state index contributed by atoms with van der Waals surface area (Å²) in [5.74, 6) is 0.961. The van der Waals surface area contributed by atoms with Gasteiger partial charge < -0.3 is 5.11 Å². The Bertz CT molecular complexity index is 462. The zero-order valence-electron chi connectivity index (χ0n) is 9.39. The van der Waals surface area contributed by atoms with Gasteiger partial charge in [0.2, 0.25) is 0 Å². The van der Waals surface area contributed by atoms with Crippen molar-refractivity contribution in [3.05, 3.63) is 48.0 Å². The van der Waals surface area contributed by atoms with Crippen LogP contribution in [-0.2, 0) is 5.75 Å². The molecule has 0 fully saturated rings. The monoisotopic (exact) mass is 232 g/mol. The van der Waals surface area contributed by atoms with E-state index in [2.05, 4.69) is 49.4 Å². The van der Waals surface area contributed by atoms with Crippen LogP contribution in [0.3, 0.4) is 0 Å². The summed E-state index contributed by atoms with van der Waals surface area (Å²) in [6.45, 7) is 2.30. The molecule has 0 aliphatic carbocycles. The molecule has 0 radical (unpaired) electrons. The van der Waals surface area contributed by atoms with Crippen LogP contribution in [0.4, 0.5) is 0 Å². The maximum Gasteiger partial charge on any atom is 0.0547 e. The Balaban J connectivity index is 2.23. The Morgan fingerprint density at radius 2 is 1.88 bits per heavy atom. The van der Waals surface area contributed by atoms with Crippen molar-refractivity contribution in [1.29, 1.82) is 0 Å². The van der Waals surface area contributed by atoms with E-state index in [1.54, 1.807) is 11.8 Å². The first-order valence-corrected chi connectivity index (χ1v) is 6.55. The molecule has 2 aromatic carbocycles. The molecule has 84 valence electrons. The molecule has 0 saturated heterocycles. The summed E-state index contributed by atoms with van der Waals surface area (Å²) >= 11 is 1.79. The van der Waals surface area contributed by atoms with Crippen molar-refractivity contribution in [1.82, 2.24) is 0 Å². The molecule has 0 aromatic heterocycles. The summed E-state index contributed by atoms with van der Waals surface area (Å²) in [6.07, 6.45) is 0. The van der Waals surface area contributed by atoms with Crippen LogP contribution in [0.5, 0.6) is 0 Å². The average molecular weight is 232 g/mol. The molecule has 1 atom stereocenters. The number of rotatable bonds is 4. The summed E-state index contributed by atoms with van der Waals surface area (Å²) in [5, 5.41) is 11.9. The summed E-state index contributed by atoms with van der Waals surface area (Å²) in [6, 6.07) is 14.8. The molecule has 0 saturated carbocycles. The lowest BCUT2D eigenvalue weighted by Crippen LogP contribution is -2.02. The fourth-order valence-electron chi connectivity index (χ4n) is 1.70. The molecule has 2 rings (SSSR count). The topological polar surface area (TPSA) is 20.2 Å². The molecule has 2 heteroatoms. The minimum absolute atomic E-state index is 0.245. The molecule has 1 nitrogen and oxygen atoms in total. The first-order valence-electron chi connectivity index (χ1n) is 5.50. The quantitative estimate of drug-likeness (QED) is 0.871. The van der Waals surface area contributed by atoms with Crippen LogP contribution in [0, 0.1) is 0 Å². The van der Waals surface area contributed by atoms with E-state index in [-0.39, 0.29) is 6.61 Å². The maximum atomic E-state index is 9.01. The van der Waals surface area contributed by atoms with Crippen molar-refractivity contribution in [3.63, 3.8) is 0 Å². The Morgan fingerprint density at radius 1 is 1.12 bits per heavy atom. The predicted octanol–water partition coefficient (Wildman–Crippen LogP) is 3.45. The van der Waals surface area contributed by atoms with E-state index in [9.17, 15) is 0 Å². The molecule has 0 heterocycles. The SMILES string of the molecule is CC(CO)SCc1cccc2ccccc12.